The van der Waals surface area contributed by atoms with Crippen LogP contribution in [0.3, 0.4) is 0 Å². The first-order chi connectivity index (χ1) is 13.5. The van der Waals surface area contributed by atoms with Gasteiger partial charge >= 0.3 is 0 Å². The highest BCUT2D eigenvalue weighted by atomic mass is 79.9. The Morgan fingerprint density at radius 2 is 1.82 bits per heavy atom. The molecule has 0 aliphatic heterocycles. The Bertz CT molecular complexity index is 1110. The summed E-state index contributed by atoms with van der Waals surface area (Å²) in [5.41, 5.74) is 6.69. The molecule has 0 fully saturated rings. The second kappa shape index (κ2) is 7.94. The number of carbonyl (C=O) groups excluding carboxylic acids is 1. The van der Waals surface area contributed by atoms with Gasteiger partial charge in [0.15, 0.2) is 0 Å². The zero-order chi connectivity index (χ0) is 19.7. The molecule has 1 amide bonds. The van der Waals surface area contributed by atoms with Crippen LogP contribution in [0.4, 0.5) is 5.69 Å². The van der Waals surface area contributed by atoms with Crippen LogP contribution in [-0.2, 0) is 11.2 Å². The molecule has 0 saturated carbocycles. The van der Waals surface area contributed by atoms with Crippen LogP contribution in [0.5, 0.6) is 5.75 Å². The normalized spacial score (nSPS) is 12.0. The molecule has 0 radical (unpaired) electrons. The maximum atomic E-state index is 12.4. The van der Waals surface area contributed by atoms with Gasteiger partial charge in [-0.3, -0.25) is 4.79 Å². The summed E-state index contributed by atoms with van der Waals surface area (Å²) < 4.78 is 7.14. The predicted octanol–water partition coefficient (Wildman–Crippen LogP) is 6.44. The molecule has 0 saturated heterocycles. The highest BCUT2D eigenvalue weighted by Gasteiger charge is 2.18. The number of amides is 1. The number of ether oxygens (including phenoxy) is 1. The van der Waals surface area contributed by atoms with Crippen molar-refractivity contribution in [2.75, 3.05) is 12.4 Å². The van der Waals surface area contributed by atoms with Gasteiger partial charge in [-0.25, -0.2) is 0 Å². The van der Waals surface area contributed by atoms with E-state index < -0.39 is 0 Å². The summed E-state index contributed by atoms with van der Waals surface area (Å²) in [6, 6.07) is 18.3. The van der Waals surface area contributed by atoms with Crippen molar-refractivity contribution in [3.05, 3.63) is 86.3 Å². The van der Waals surface area contributed by atoms with Crippen molar-refractivity contribution in [1.29, 1.82) is 0 Å². The van der Waals surface area contributed by atoms with Gasteiger partial charge in [-0.15, -0.1) is 0 Å². The number of hydrogen-bond acceptors (Lipinski definition) is 2. The van der Waals surface area contributed by atoms with Crippen LogP contribution >= 0.6 is 31.9 Å². The van der Waals surface area contributed by atoms with E-state index in [0.717, 1.165) is 26.6 Å². The Morgan fingerprint density at radius 1 is 1.04 bits per heavy atom. The Labute approximate surface area is 180 Å². The van der Waals surface area contributed by atoms with E-state index in [1.54, 1.807) is 13.2 Å². The fraction of sp³-hybridized carbons (Fsp3) is 0.0870. The molecule has 0 unspecified atom stereocenters. The van der Waals surface area contributed by atoms with Gasteiger partial charge < -0.3 is 10.1 Å². The molecule has 3 aromatic carbocycles. The van der Waals surface area contributed by atoms with E-state index in [0.29, 0.717) is 5.75 Å². The molecule has 1 aliphatic rings. The van der Waals surface area contributed by atoms with Crippen molar-refractivity contribution >= 4 is 49.5 Å². The molecule has 3 aromatic rings. The third-order valence-electron chi connectivity index (χ3n) is 4.72. The Balaban J connectivity index is 1.51. The molecule has 0 heterocycles. The molecule has 0 atom stereocenters. The Kier molecular flexibility index (Phi) is 5.38. The number of methoxy groups -OCH3 is 1. The monoisotopic (exact) mass is 497 g/mol. The van der Waals surface area contributed by atoms with E-state index in [2.05, 4.69) is 73.6 Å². The van der Waals surface area contributed by atoms with E-state index in [1.165, 1.54) is 28.3 Å². The Hall–Kier alpha value is -2.37. The summed E-state index contributed by atoms with van der Waals surface area (Å²) >= 11 is 6.93. The van der Waals surface area contributed by atoms with Gasteiger partial charge in [-0.2, -0.15) is 0 Å². The molecule has 5 heteroatoms. The maximum Gasteiger partial charge on any atom is 0.248 e. The number of anilines is 1. The van der Waals surface area contributed by atoms with E-state index in [1.807, 2.05) is 18.2 Å². The van der Waals surface area contributed by atoms with Crippen molar-refractivity contribution in [2.45, 2.75) is 6.42 Å². The second-order valence-corrected chi connectivity index (χ2v) is 8.31. The fourth-order valence-electron chi connectivity index (χ4n) is 3.49. The number of fused-ring (bicyclic) bond motifs is 3. The van der Waals surface area contributed by atoms with Crippen LogP contribution in [0.15, 0.2) is 69.6 Å². The van der Waals surface area contributed by atoms with Crippen LogP contribution in [0.2, 0.25) is 0 Å². The predicted molar refractivity (Wildman–Crippen MR) is 121 cm³/mol. The first-order valence-corrected chi connectivity index (χ1v) is 10.4. The van der Waals surface area contributed by atoms with Crippen LogP contribution in [0.25, 0.3) is 17.2 Å². The molecule has 0 bridgehead atoms. The molecule has 4 rings (SSSR count). The highest BCUT2D eigenvalue weighted by molar-refractivity contribution is 9.11. The fourth-order valence-corrected chi connectivity index (χ4v) is 4.91. The number of nitrogens with one attached hydrogen (secondary N) is 1. The van der Waals surface area contributed by atoms with Gasteiger partial charge in [-0.1, -0.05) is 46.3 Å². The van der Waals surface area contributed by atoms with E-state index >= 15 is 0 Å². The smallest absolute Gasteiger partial charge is 0.248 e. The average molecular weight is 499 g/mol. The van der Waals surface area contributed by atoms with Crippen molar-refractivity contribution in [1.82, 2.24) is 0 Å². The molecule has 1 aliphatic carbocycles. The molecular formula is C23H17Br2NO2. The van der Waals surface area contributed by atoms with Crippen molar-refractivity contribution in [3.8, 4) is 16.9 Å². The minimum Gasteiger partial charge on any atom is -0.495 e. The largest absolute Gasteiger partial charge is 0.495 e. The third kappa shape index (κ3) is 3.77. The van der Waals surface area contributed by atoms with E-state index in [4.69, 9.17) is 4.74 Å². The minimum atomic E-state index is -0.186. The summed E-state index contributed by atoms with van der Waals surface area (Å²) in [7, 11) is 1.61. The van der Waals surface area contributed by atoms with Gasteiger partial charge in [0.05, 0.1) is 11.6 Å². The number of halogens is 2. The molecule has 3 nitrogen and oxygen atoms in total. The van der Waals surface area contributed by atoms with Gasteiger partial charge in [0.2, 0.25) is 5.91 Å². The number of rotatable bonds is 4. The van der Waals surface area contributed by atoms with Gasteiger partial charge in [0.25, 0.3) is 0 Å². The minimum absolute atomic E-state index is 0.186. The maximum absolute atomic E-state index is 12.4. The van der Waals surface area contributed by atoms with Gasteiger partial charge in [0, 0.05) is 21.8 Å². The molecule has 28 heavy (non-hydrogen) atoms. The van der Waals surface area contributed by atoms with Gasteiger partial charge in [-0.05, 0) is 74.9 Å². The quantitative estimate of drug-likeness (QED) is 0.328. The first-order valence-electron chi connectivity index (χ1n) is 8.78. The SMILES string of the molecule is COc1c(Br)cc(Br)cc1C=CC(=O)Nc1ccc2c(c1)Cc1ccccc1-2. The highest BCUT2D eigenvalue weighted by Crippen LogP contribution is 2.37. The summed E-state index contributed by atoms with van der Waals surface area (Å²) in [6.07, 6.45) is 4.15. The summed E-state index contributed by atoms with van der Waals surface area (Å²) in [6.45, 7) is 0. The lowest BCUT2D eigenvalue weighted by atomic mass is 10.1. The average Bonchev–Trinajstić information content (AvgIpc) is 3.03. The lowest BCUT2D eigenvalue weighted by Gasteiger charge is -2.08. The van der Waals surface area contributed by atoms with Crippen LogP contribution < -0.4 is 10.1 Å². The van der Waals surface area contributed by atoms with Crippen molar-refractivity contribution in [3.63, 3.8) is 0 Å². The molecular weight excluding hydrogens is 482 g/mol. The van der Waals surface area contributed by atoms with Crippen LogP contribution in [0, 0.1) is 0 Å². The van der Waals surface area contributed by atoms with Gasteiger partial charge in [0.1, 0.15) is 5.75 Å². The zero-order valence-corrected chi connectivity index (χ0v) is 18.3. The summed E-state index contributed by atoms with van der Waals surface area (Å²) in [5, 5.41) is 2.95. The first kappa shape index (κ1) is 19.0. The van der Waals surface area contributed by atoms with Crippen LogP contribution in [-0.4, -0.2) is 13.0 Å². The summed E-state index contributed by atoms with van der Waals surface area (Å²) in [5.74, 6) is 0.496. The zero-order valence-electron chi connectivity index (χ0n) is 15.1. The molecule has 1 N–H and O–H groups in total. The molecule has 0 spiro atoms. The second-order valence-electron chi connectivity index (χ2n) is 6.54. The molecule has 0 aromatic heterocycles. The Morgan fingerprint density at radius 3 is 2.64 bits per heavy atom. The topological polar surface area (TPSA) is 38.3 Å². The third-order valence-corrected chi connectivity index (χ3v) is 5.76. The van der Waals surface area contributed by atoms with Crippen LogP contribution in [0.1, 0.15) is 16.7 Å². The number of hydrogen-bond donors (Lipinski definition) is 1. The van der Waals surface area contributed by atoms with Crippen molar-refractivity contribution < 1.29 is 9.53 Å². The summed E-state index contributed by atoms with van der Waals surface area (Å²) in [4.78, 5) is 12.4. The van der Waals surface area contributed by atoms with E-state index in [9.17, 15) is 4.79 Å². The van der Waals surface area contributed by atoms with Crippen molar-refractivity contribution in [2.24, 2.45) is 0 Å². The van der Waals surface area contributed by atoms with E-state index in [-0.39, 0.29) is 5.91 Å². The number of carbonyl (C=O) groups is 1. The number of benzene rings is 3. The lowest BCUT2D eigenvalue weighted by Crippen LogP contribution is -2.08. The lowest BCUT2D eigenvalue weighted by molar-refractivity contribution is -0.111. The standard InChI is InChI=1S/C23H17Br2NO2/c1-28-23-15(11-17(24)13-21(23)25)6-9-22(27)26-18-7-8-20-16(12-18)10-14-4-2-3-5-19(14)20/h2-9,11-13H,10H2,1H3,(H,26,27). The molecule has 140 valence electrons.